The Balaban J connectivity index is 2.62. The highest BCUT2D eigenvalue weighted by Gasteiger charge is 2.02. The molecule has 0 bridgehead atoms. The molecule has 0 saturated carbocycles. The van der Waals surface area contributed by atoms with E-state index in [1.54, 1.807) is 0 Å². The molecular weight excluding hydrogens is 240 g/mol. The second-order valence-electron chi connectivity index (χ2n) is 2.46. The first-order valence-corrected chi connectivity index (χ1v) is 5.84. The van der Waals surface area contributed by atoms with Crippen LogP contribution in [0, 0.1) is 6.92 Å². The lowest BCUT2D eigenvalue weighted by Crippen LogP contribution is -1.81. The van der Waals surface area contributed by atoms with E-state index < -0.39 is 0 Å². The molecule has 1 heterocycles. The number of thiophene rings is 1. The van der Waals surface area contributed by atoms with Crippen LogP contribution in [0.1, 0.15) is 16.2 Å². The Hall–Kier alpha value is 0.530. The van der Waals surface area contributed by atoms with Crippen molar-refractivity contribution in [1.82, 2.24) is 0 Å². The summed E-state index contributed by atoms with van der Waals surface area (Å²) in [7, 11) is 0. The molecule has 11 heavy (non-hydrogen) atoms. The lowest BCUT2D eigenvalue weighted by Gasteiger charge is -1.93. The number of thiol groups is 1. The van der Waals surface area contributed by atoms with E-state index in [1.807, 2.05) is 11.3 Å². The molecule has 1 aromatic heterocycles. The van der Waals surface area contributed by atoms with Gasteiger partial charge in [0.1, 0.15) is 0 Å². The van der Waals surface area contributed by atoms with Gasteiger partial charge in [0.05, 0.1) is 0 Å². The van der Waals surface area contributed by atoms with Crippen molar-refractivity contribution in [2.24, 2.45) is 0 Å². The average Bonchev–Trinajstić information content (AvgIpc) is 2.26. The van der Waals surface area contributed by atoms with Crippen LogP contribution < -0.4 is 0 Å². The maximum absolute atomic E-state index is 4.18. The number of aryl methyl sites for hydroxylation is 2. The molecule has 0 amide bonds. The summed E-state index contributed by atoms with van der Waals surface area (Å²) in [5, 5.41) is 0. The fourth-order valence-electron chi connectivity index (χ4n) is 0.942. The first-order valence-electron chi connectivity index (χ1n) is 3.59. The van der Waals surface area contributed by atoms with Gasteiger partial charge in [-0.2, -0.15) is 12.6 Å². The third kappa shape index (κ3) is 2.80. The Bertz CT molecular complexity index is 230. The lowest BCUT2D eigenvalue weighted by molar-refractivity contribution is 0.951. The fraction of sp³-hybridized carbons (Fsp3) is 0.500. The highest BCUT2D eigenvalue weighted by atomic mass is 79.9. The van der Waals surface area contributed by atoms with Gasteiger partial charge in [0.15, 0.2) is 0 Å². The third-order valence-electron chi connectivity index (χ3n) is 1.44. The molecule has 1 rings (SSSR count). The molecule has 0 aliphatic carbocycles. The van der Waals surface area contributed by atoms with Crippen LogP contribution in [0.15, 0.2) is 10.5 Å². The minimum absolute atomic E-state index is 0.976. The van der Waals surface area contributed by atoms with Crippen LogP contribution >= 0.6 is 39.9 Å². The predicted molar refractivity (Wildman–Crippen MR) is 58.9 cm³/mol. The van der Waals surface area contributed by atoms with Crippen molar-refractivity contribution in [3.05, 3.63) is 20.3 Å². The molecular formula is C8H11BrS2. The SMILES string of the molecule is Cc1cc(Br)c(CCCS)s1. The third-order valence-corrected chi connectivity index (χ3v) is 3.84. The van der Waals surface area contributed by atoms with Crippen LogP contribution in [-0.2, 0) is 6.42 Å². The lowest BCUT2D eigenvalue weighted by atomic mass is 10.3. The summed E-state index contributed by atoms with van der Waals surface area (Å²) in [6, 6.07) is 2.18. The van der Waals surface area contributed by atoms with Crippen molar-refractivity contribution < 1.29 is 0 Å². The zero-order chi connectivity index (χ0) is 8.27. The monoisotopic (exact) mass is 250 g/mol. The van der Waals surface area contributed by atoms with Gasteiger partial charge in [-0.15, -0.1) is 11.3 Å². The molecule has 0 aliphatic rings. The van der Waals surface area contributed by atoms with Gasteiger partial charge >= 0.3 is 0 Å². The van der Waals surface area contributed by atoms with Gasteiger partial charge in [-0.25, -0.2) is 0 Å². The van der Waals surface area contributed by atoms with Gasteiger partial charge in [-0.05, 0) is 47.5 Å². The van der Waals surface area contributed by atoms with Crippen LogP contribution in [0.2, 0.25) is 0 Å². The van der Waals surface area contributed by atoms with Crippen molar-refractivity contribution in [3.63, 3.8) is 0 Å². The smallest absolute Gasteiger partial charge is 0.0317 e. The van der Waals surface area contributed by atoms with Crippen LogP contribution in [0.4, 0.5) is 0 Å². The molecule has 0 unspecified atom stereocenters. The van der Waals surface area contributed by atoms with E-state index in [2.05, 4.69) is 41.5 Å². The first kappa shape index (κ1) is 9.62. The zero-order valence-corrected chi connectivity index (χ0v) is 9.73. The fourth-order valence-corrected chi connectivity index (χ4v) is 3.00. The van der Waals surface area contributed by atoms with Crippen molar-refractivity contribution in [1.29, 1.82) is 0 Å². The Morgan fingerprint density at radius 1 is 1.64 bits per heavy atom. The quantitative estimate of drug-likeness (QED) is 0.778. The topological polar surface area (TPSA) is 0 Å². The van der Waals surface area contributed by atoms with Gasteiger partial charge in [0.25, 0.3) is 0 Å². The highest BCUT2D eigenvalue weighted by Crippen LogP contribution is 2.27. The predicted octanol–water partition coefficient (Wildman–Crippen LogP) is 3.68. The average molecular weight is 251 g/mol. The molecule has 0 atom stereocenters. The number of hydrogen-bond acceptors (Lipinski definition) is 2. The minimum Gasteiger partial charge on any atom is -0.179 e. The molecule has 0 aromatic carbocycles. The van der Waals surface area contributed by atoms with Crippen LogP contribution in [0.25, 0.3) is 0 Å². The molecule has 0 aliphatic heterocycles. The Labute approximate surface area is 85.6 Å². The summed E-state index contributed by atoms with van der Waals surface area (Å²) in [6.07, 6.45) is 2.32. The molecule has 0 fully saturated rings. The van der Waals surface area contributed by atoms with Crippen LogP contribution in [0.3, 0.4) is 0 Å². The molecule has 1 aromatic rings. The van der Waals surface area contributed by atoms with Gasteiger partial charge < -0.3 is 0 Å². The molecule has 0 N–H and O–H groups in total. The Morgan fingerprint density at radius 3 is 2.82 bits per heavy atom. The van der Waals surface area contributed by atoms with Crippen molar-refractivity contribution in [2.45, 2.75) is 19.8 Å². The normalized spacial score (nSPS) is 10.5. The van der Waals surface area contributed by atoms with E-state index in [-0.39, 0.29) is 0 Å². The second-order valence-corrected chi connectivity index (χ2v) is 5.10. The molecule has 3 heteroatoms. The van der Waals surface area contributed by atoms with Gasteiger partial charge in [0.2, 0.25) is 0 Å². The largest absolute Gasteiger partial charge is 0.179 e. The van der Waals surface area contributed by atoms with Crippen LogP contribution in [0.5, 0.6) is 0 Å². The number of rotatable bonds is 3. The van der Waals surface area contributed by atoms with Crippen molar-refractivity contribution >= 4 is 39.9 Å². The summed E-state index contributed by atoms with van der Waals surface area (Å²) in [6.45, 7) is 2.14. The zero-order valence-electron chi connectivity index (χ0n) is 6.43. The first-order chi connectivity index (χ1) is 5.24. The second kappa shape index (κ2) is 4.53. The van der Waals surface area contributed by atoms with Crippen molar-refractivity contribution in [2.75, 3.05) is 5.75 Å². The van der Waals surface area contributed by atoms with E-state index in [1.165, 1.54) is 20.6 Å². The maximum Gasteiger partial charge on any atom is 0.0317 e. The van der Waals surface area contributed by atoms with E-state index in [0.29, 0.717) is 0 Å². The molecule has 0 saturated heterocycles. The Kier molecular flexibility index (Phi) is 3.96. The molecule has 0 spiro atoms. The van der Waals surface area contributed by atoms with Gasteiger partial charge in [-0.3, -0.25) is 0 Å². The maximum atomic E-state index is 4.18. The summed E-state index contributed by atoms with van der Waals surface area (Å²) in [4.78, 5) is 2.84. The van der Waals surface area contributed by atoms with E-state index in [4.69, 9.17) is 0 Å². The van der Waals surface area contributed by atoms with Crippen molar-refractivity contribution in [3.8, 4) is 0 Å². The molecule has 0 nitrogen and oxygen atoms in total. The van der Waals surface area contributed by atoms with Gasteiger partial charge in [0, 0.05) is 14.2 Å². The standard InChI is InChI=1S/C8H11BrS2/c1-6-5-7(9)8(11-6)3-2-4-10/h5,10H,2-4H2,1H3. The minimum atomic E-state index is 0.976. The van der Waals surface area contributed by atoms with Crippen LogP contribution in [-0.4, -0.2) is 5.75 Å². The molecule has 62 valence electrons. The summed E-state index contributed by atoms with van der Waals surface area (Å²) in [5.74, 6) is 0.976. The van der Waals surface area contributed by atoms with Gasteiger partial charge in [-0.1, -0.05) is 0 Å². The number of hydrogen-bond donors (Lipinski definition) is 1. The summed E-state index contributed by atoms with van der Waals surface area (Å²) in [5.41, 5.74) is 0. The number of halogens is 1. The van der Waals surface area contributed by atoms with E-state index in [9.17, 15) is 0 Å². The summed E-state index contributed by atoms with van der Waals surface area (Å²) < 4.78 is 1.27. The molecule has 0 radical (unpaired) electrons. The van der Waals surface area contributed by atoms with E-state index in [0.717, 1.165) is 12.2 Å². The van der Waals surface area contributed by atoms with E-state index >= 15 is 0 Å². The Morgan fingerprint density at radius 2 is 2.36 bits per heavy atom. The summed E-state index contributed by atoms with van der Waals surface area (Å²) >= 11 is 9.59. The highest BCUT2D eigenvalue weighted by molar-refractivity contribution is 9.10.